The number of nitrogens with one attached hydrogen (secondary N) is 1. The summed E-state index contributed by atoms with van der Waals surface area (Å²) in [5.41, 5.74) is 1.18. The fourth-order valence-electron chi connectivity index (χ4n) is 3.81. The molecule has 1 aliphatic rings. The lowest BCUT2D eigenvalue weighted by atomic mass is 10.0. The van der Waals surface area contributed by atoms with E-state index in [1.165, 1.54) is 36.3 Å². The first kappa shape index (κ1) is 25.0. The SMILES string of the molecule is COc1ccccc1NC(=O)N(Cc1cccc(C(F)(F)F)c1)C[C@@H]1CC(c2ccc(F)cc2)=NO1. The molecule has 1 heterocycles. The second-order valence-electron chi connectivity index (χ2n) is 8.19. The maximum absolute atomic E-state index is 13.3. The third kappa shape index (κ3) is 6.12. The molecule has 0 bridgehead atoms. The van der Waals surface area contributed by atoms with E-state index in [1.54, 1.807) is 36.4 Å². The molecule has 4 rings (SSSR count). The minimum absolute atomic E-state index is 0.0470. The molecule has 0 aliphatic carbocycles. The number of carbonyl (C=O) groups is 1. The van der Waals surface area contributed by atoms with E-state index < -0.39 is 23.9 Å². The molecule has 0 aromatic heterocycles. The summed E-state index contributed by atoms with van der Waals surface area (Å²) in [7, 11) is 1.46. The van der Waals surface area contributed by atoms with Gasteiger partial charge in [0.1, 0.15) is 11.6 Å². The van der Waals surface area contributed by atoms with E-state index in [0.29, 0.717) is 34.7 Å². The van der Waals surface area contributed by atoms with Gasteiger partial charge in [-0.2, -0.15) is 13.2 Å². The molecule has 0 spiro atoms. The minimum atomic E-state index is -4.51. The molecule has 1 atom stereocenters. The first-order valence-electron chi connectivity index (χ1n) is 11.1. The molecule has 0 saturated heterocycles. The van der Waals surface area contributed by atoms with Crippen molar-refractivity contribution >= 4 is 17.4 Å². The fraction of sp³-hybridized carbons (Fsp3) is 0.231. The molecule has 188 valence electrons. The Kier molecular flexibility index (Phi) is 7.42. The highest BCUT2D eigenvalue weighted by Gasteiger charge is 2.31. The Morgan fingerprint density at radius 3 is 2.58 bits per heavy atom. The minimum Gasteiger partial charge on any atom is -0.495 e. The highest BCUT2D eigenvalue weighted by Crippen LogP contribution is 2.30. The van der Waals surface area contributed by atoms with Gasteiger partial charge in [-0.05, 0) is 47.5 Å². The number of benzene rings is 3. The normalized spacial score (nSPS) is 15.1. The van der Waals surface area contributed by atoms with Crippen LogP contribution < -0.4 is 10.1 Å². The number of rotatable bonds is 7. The van der Waals surface area contributed by atoms with Crippen molar-refractivity contribution in [3.8, 4) is 5.75 Å². The zero-order valence-electron chi connectivity index (χ0n) is 19.3. The van der Waals surface area contributed by atoms with Crippen molar-refractivity contribution in [2.45, 2.75) is 25.2 Å². The number of para-hydroxylation sites is 2. The molecule has 6 nitrogen and oxygen atoms in total. The molecule has 2 amide bonds. The number of anilines is 1. The molecule has 0 unspecified atom stereocenters. The van der Waals surface area contributed by atoms with Gasteiger partial charge in [-0.3, -0.25) is 0 Å². The number of carbonyl (C=O) groups excluding carboxylic acids is 1. The number of halogens is 4. The molecule has 0 radical (unpaired) electrons. The molecule has 1 aliphatic heterocycles. The van der Waals surface area contributed by atoms with E-state index >= 15 is 0 Å². The number of alkyl halides is 3. The Hall–Kier alpha value is -4.08. The van der Waals surface area contributed by atoms with Gasteiger partial charge in [0.15, 0.2) is 6.10 Å². The molecular formula is C26H23F4N3O3. The van der Waals surface area contributed by atoms with Crippen molar-refractivity contribution in [2.75, 3.05) is 19.0 Å². The van der Waals surface area contributed by atoms with E-state index in [9.17, 15) is 22.4 Å². The summed E-state index contributed by atoms with van der Waals surface area (Å²) in [6.07, 6.45) is -4.71. The topological polar surface area (TPSA) is 63.2 Å². The lowest BCUT2D eigenvalue weighted by molar-refractivity contribution is -0.137. The van der Waals surface area contributed by atoms with Crippen LogP contribution in [0.3, 0.4) is 0 Å². The number of hydrogen-bond donors (Lipinski definition) is 1. The van der Waals surface area contributed by atoms with E-state index in [2.05, 4.69) is 10.5 Å². The predicted molar refractivity (Wildman–Crippen MR) is 126 cm³/mol. The maximum Gasteiger partial charge on any atom is 0.416 e. The van der Waals surface area contributed by atoms with Gasteiger partial charge < -0.3 is 19.8 Å². The predicted octanol–water partition coefficient (Wildman–Crippen LogP) is 6.08. The summed E-state index contributed by atoms with van der Waals surface area (Å²) in [6, 6.07) is 16.8. The fourth-order valence-corrected chi connectivity index (χ4v) is 3.81. The number of amides is 2. The summed E-state index contributed by atoms with van der Waals surface area (Å²) in [5, 5.41) is 6.82. The maximum atomic E-state index is 13.3. The largest absolute Gasteiger partial charge is 0.495 e. The molecule has 3 aromatic carbocycles. The lowest BCUT2D eigenvalue weighted by Gasteiger charge is -2.26. The summed E-state index contributed by atoms with van der Waals surface area (Å²) in [5.74, 6) is 0.0546. The van der Waals surface area contributed by atoms with Crippen LogP contribution in [0.4, 0.5) is 28.0 Å². The Bertz CT molecular complexity index is 1250. The van der Waals surface area contributed by atoms with Gasteiger partial charge in [0, 0.05) is 13.0 Å². The standard InChI is InChI=1S/C26H23F4N3O3/c1-35-24-8-3-2-7-22(24)31-25(34)33(15-17-5-4-6-19(13-17)26(28,29)30)16-21-14-23(32-36-21)18-9-11-20(27)12-10-18/h2-13,21H,14-16H2,1H3,(H,31,34)/t21-/m0/s1. The molecule has 0 saturated carbocycles. The van der Waals surface area contributed by atoms with Crippen LogP contribution in [0.5, 0.6) is 5.75 Å². The number of methoxy groups -OCH3 is 1. The van der Waals surface area contributed by atoms with E-state index in [4.69, 9.17) is 9.57 Å². The average Bonchev–Trinajstić information content (AvgIpc) is 3.32. The molecular weight excluding hydrogens is 478 g/mol. The van der Waals surface area contributed by atoms with Crippen molar-refractivity contribution in [2.24, 2.45) is 5.16 Å². The molecule has 36 heavy (non-hydrogen) atoms. The van der Waals surface area contributed by atoms with Gasteiger partial charge in [0.25, 0.3) is 0 Å². The van der Waals surface area contributed by atoms with E-state index in [-0.39, 0.29) is 18.9 Å². The Morgan fingerprint density at radius 2 is 1.86 bits per heavy atom. The number of ether oxygens (including phenoxy) is 1. The third-order valence-electron chi connectivity index (χ3n) is 5.60. The number of hydrogen-bond acceptors (Lipinski definition) is 4. The monoisotopic (exact) mass is 501 g/mol. The molecule has 0 fully saturated rings. The van der Waals surface area contributed by atoms with Crippen LogP contribution in [0, 0.1) is 5.82 Å². The molecule has 3 aromatic rings. The van der Waals surface area contributed by atoms with Gasteiger partial charge in [0.2, 0.25) is 0 Å². The second kappa shape index (κ2) is 10.7. The Morgan fingerprint density at radius 1 is 1.11 bits per heavy atom. The molecule has 10 heteroatoms. The van der Waals surface area contributed by atoms with Gasteiger partial charge in [-0.15, -0.1) is 0 Å². The summed E-state index contributed by atoms with van der Waals surface area (Å²) >= 11 is 0. The lowest BCUT2D eigenvalue weighted by Crippen LogP contribution is -2.40. The highest BCUT2D eigenvalue weighted by molar-refractivity contribution is 6.01. The van der Waals surface area contributed by atoms with Crippen molar-refractivity contribution in [1.29, 1.82) is 0 Å². The first-order chi connectivity index (χ1) is 17.2. The van der Waals surface area contributed by atoms with Gasteiger partial charge in [0.05, 0.1) is 30.6 Å². The number of urea groups is 1. The van der Waals surface area contributed by atoms with Crippen molar-refractivity contribution in [3.05, 3.63) is 95.3 Å². The summed E-state index contributed by atoms with van der Waals surface area (Å²) in [4.78, 5) is 20.1. The van der Waals surface area contributed by atoms with Gasteiger partial charge >= 0.3 is 12.2 Å². The van der Waals surface area contributed by atoms with Crippen LogP contribution >= 0.6 is 0 Å². The smallest absolute Gasteiger partial charge is 0.416 e. The van der Waals surface area contributed by atoms with Crippen molar-refractivity contribution in [1.82, 2.24) is 4.90 Å². The zero-order valence-corrected chi connectivity index (χ0v) is 19.3. The molecule has 1 N–H and O–H groups in total. The zero-order chi connectivity index (χ0) is 25.7. The van der Waals surface area contributed by atoms with Gasteiger partial charge in [-0.1, -0.05) is 41.6 Å². The van der Waals surface area contributed by atoms with Crippen LogP contribution in [0.15, 0.2) is 78.0 Å². The number of nitrogens with zero attached hydrogens (tertiary/aromatic N) is 2. The average molecular weight is 501 g/mol. The van der Waals surface area contributed by atoms with Crippen LogP contribution in [0.25, 0.3) is 0 Å². The highest BCUT2D eigenvalue weighted by atomic mass is 19.4. The van der Waals surface area contributed by atoms with Crippen molar-refractivity contribution < 1.29 is 31.9 Å². The van der Waals surface area contributed by atoms with Crippen LogP contribution in [0.1, 0.15) is 23.1 Å². The van der Waals surface area contributed by atoms with E-state index in [1.807, 2.05) is 0 Å². The van der Waals surface area contributed by atoms with Crippen molar-refractivity contribution in [3.63, 3.8) is 0 Å². The quantitative estimate of drug-likeness (QED) is 0.399. The Balaban J connectivity index is 1.53. The van der Waals surface area contributed by atoms with Crippen LogP contribution in [-0.2, 0) is 17.6 Å². The summed E-state index contributed by atoms with van der Waals surface area (Å²) in [6.45, 7) is -0.0535. The van der Waals surface area contributed by atoms with Crippen LogP contribution in [-0.4, -0.2) is 36.4 Å². The summed E-state index contributed by atoms with van der Waals surface area (Å²) < 4.78 is 58.2. The number of oxime groups is 1. The second-order valence-corrected chi connectivity index (χ2v) is 8.19. The third-order valence-corrected chi connectivity index (χ3v) is 5.60. The van der Waals surface area contributed by atoms with E-state index in [0.717, 1.165) is 12.1 Å². The first-order valence-corrected chi connectivity index (χ1v) is 11.1. The van der Waals surface area contributed by atoms with Gasteiger partial charge in [-0.25, -0.2) is 9.18 Å². The van der Waals surface area contributed by atoms with Crippen LogP contribution in [0.2, 0.25) is 0 Å². The Labute approximate surface area is 205 Å².